The van der Waals surface area contributed by atoms with Crippen molar-refractivity contribution in [3.63, 3.8) is 0 Å². The van der Waals surface area contributed by atoms with Gasteiger partial charge in [0.2, 0.25) is 0 Å². The zero-order valence-electron chi connectivity index (χ0n) is 3.79. The van der Waals surface area contributed by atoms with E-state index in [-0.39, 0.29) is 85.7 Å². The molecule has 0 aliphatic rings. The maximum absolute atomic E-state index is 0. The SMILES string of the molecule is O.O.O.O.O.O.[Cl-].[Sm+3]. The molecule has 8 heteroatoms. The summed E-state index contributed by atoms with van der Waals surface area (Å²) in [5.41, 5.74) is 0. The maximum atomic E-state index is 0. The summed E-state index contributed by atoms with van der Waals surface area (Å²) in [4.78, 5) is 0. The second-order valence-electron chi connectivity index (χ2n) is 0. The molecule has 0 unspecified atom stereocenters. The van der Waals surface area contributed by atoms with Gasteiger partial charge in [-0.2, -0.15) is 0 Å². The van der Waals surface area contributed by atoms with E-state index in [0.29, 0.717) is 0 Å². The van der Waals surface area contributed by atoms with Crippen LogP contribution < -0.4 is 12.4 Å². The normalized spacial score (nSPS) is 0. The first kappa shape index (κ1) is 343. The molecule has 0 rings (SSSR count). The van der Waals surface area contributed by atoms with Gasteiger partial charge in [-0.3, -0.25) is 0 Å². The largest absolute Gasteiger partial charge is 3.00 e. The van der Waals surface area contributed by atoms with E-state index in [0.717, 1.165) is 0 Å². The standard InChI is InChI=1S/ClH.6H2O.Sm/h1H;6*1H2;/q;;;;;;;+3/p-1. The zero-order valence-corrected chi connectivity index (χ0v) is 7.16. The molecule has 6 nitrogen and oxygen atoms in total. The monoisotopic (exact) mass is 295 g/mol. The second-order valence-corrected chi connectivity index (χ2v) is 0. The molecule has 0 aromatic heterocycles. The number of rotatable bonds is 0. The van der Waals surface area contributed by atoms with Crippen molar-refractivity contribution in [1.29, 1.82) is 0 Å². The minimum atomic E-state index is 0. The van der Waals surface area contributed by atoms with Crippen LogP contribution in [0.2, 0.25) is 0 Å². The smallest absolute Gasteiger partial charge is 1.00 e. The molecular formula is H12ClO6Sm+2. The fourth-order valence-corrected chi connectivity index (χ4v) is 0. The third-order valence-corrected chi connectivity index (χ3v) is 0. The van der Waals surface area contributed by atoms with Crippen LogP contribution in [0.4, 0.5) is 0 Å². The minimum absolute atomic E-state index is 0. The van der Waals surface area contributed by atoms with Crippen LogP contribution >= 0.6 is 0 Å². The molecule has 8 heavy (non-hydrogen) atoms. The van der Waals surface area contributed by atoms with E-state index < -0.39 is 0 Å². The Kier molecular flexibility index (Phi) is 10200. The first-order chi connectivity index (χ1) is 0. The fourth-order valence-electron chi connectivity index (χ4n) is 0. The summed E-state index contributed by atoms with van der Waals surface area (Å²) in [6, 6.07) is 0. The molecule has 1 radical (unpaired) electrons. The van der Waals surface area contributed by atoms with E-state index in [1.807, 2.05) is 0 Å². The molecule has 0 fully saturated rings. The molecule has 0 saturated heterocycles. The maximum Gasteiger partial charge on any atom is 3.00 e. The van der Waals surface area contributed by atoms with Gasteiger partial charge in [0.05, 0.1) is 0 Å². The summed E-state index contributed by atoms with van der Waals surface area (Å²) in [6.07, 6.45) is 0. The molecule has 0 aliphatic heterocycles. The second kappa shape index (κ2) is 238. The molecule has 12 N–H and O–H groups in total. The van der Waals surface area contributed by atoms with Crippen LogP contribution in [-0.4, -0.2) is 32.9 Å². The Hall–Kier alpha value is 1.39. The Morgan fingerprint density at radius 3 is 0.375 bits per heavy atom. The summed E-state index contributed by atoms with van der Waals surface area (Å²) in [7, 11) is 0. The van der Waals surface area contributed by atoms with Gasteiger partial charge >= 0.3 is 40.4 Å². The van der Waals surface area contributed by atoms with Crippen molar-refractivity contribution in [2.45, 2.75) is 0 Å². The third kappa shape index (κ3) is 157. The van der Waals surface area contributed by atoms with Gasteiger partial charge in [-0.1, -0.05) is 0 Å². The van der Waals surface area contributed by atoms with Gasteiger partial charge in [0, 0.05) is 0 Å². The van der Waals surface area contributed by atoms with Crippen LogP contribution in [0.1, 0.15) is 0 Å². The van der Waals surface area contributed by atoms with Crippen LogP contribution in [0, 0.1) is 40.4 Å². The Morgan fingerprint density at radius 1 is 0.375 bits per heavy atom. The Morgan fingerprint density at radius 2 is 0.375 bits per heavy atom. The molecule has 0 saturated carbocycles. The number of hydrogen-bond acceptors (Lipinski definition) is 0. The van der Waals surface area contributed by atoms with Gasteiger partial charge in [0.15, 0.2) is 0 Å². The number of hydrogen-bond donors (Lipinski definition) is 0. The summed E-state index contributed by atoms with van der Waals surface area (Å²) in [5.74, 6) is 0. The van der Waals surface area contributed by atoms with Gasteiger partial charge in [-0.05, 0) is 0 Å². The van der Waals surface area contributed by atoms with Crippen molar-refractivity contribution >= 4 is 0 Å². The van der Waals surface area contributed by atoms with Gasteiger partial charge in [-0.15, -0.1) is 0 Å². The first-order valence-corrected chi connectivity index (χ1v) is 0. The average Bonchev–Trinajstić information content (AvgIpc) is 0. The molecule has 0 aliphatic carbocycles. The van der Waals surface area contributed by atoms with Gasteiger partial charge < -0.3 is 45.3 Å². The predicted molar refractivity (Wildman–Crippen MR) is 21.7 cm³/mol. The summed E-state index contributed by atoms with van der Waals surface area (Å²) >= 11 is 0. The van der Waals surface area contributed by atoms with Crippen LogP contribution in [-0.2, 0) is 0 Å². The summed E-state index contributed by atoms with van der Waals surface area (Å²) < 4.78 is 0. The molecule has 0 amide bonds. The van der Waals surface area contributed by atoms with E-state index in [4.69, 9.17) is 0 Å². The Labute approximate surface area is 85.0 Å². The molecule has 0 aromatic carbocycles. The van der Waals surface area contributed by atoms with Crippen molar-refractivity contribution in [3.05, 3.63) is 0 Å². The van der Waals surface area contributed by atoms with E-state index in [2.05, 4.69) is 0 Å². The van der Waals surface area contributed by atoms with Crippen LogP contribution in [0.25, 0.3) is 0 Å². The fraction of sp³-hybridized carbons (Fsp3) is 0. The topological polar surface area (TPSA) is 189 Å². The average molecular weight is 294 g/mol. The quantitative estimate of drug-likeness (QED) is 0.410. The molecule has 0 bridgehead atoms. The Balaban J connectivity index is 0. The predicted octanol–water partition coefficient (Wildman–Crippen LogP) is -7.94. The van der Waals surface area contributed by atoms with Crippen molar-refractivity contribution in [3.8, 4) is 0 Å². The van der Waals surface area contributed by atoms with Crippen LogP contribution in [0.3, 0.4) is 0 Å². The number of halogens is 1. The molecule has 0 aromatic rings. The van der Waals surface area contributed by atoms with Gasteiger partial charge in [0.1, 0.15) is 0 Å². The summed E-state index contributed by atoms with van der Waals surface area (Å²) in [5, 5.41) is 0. The third-order valence-electron chi connectivity index (χ3n) is 0. The summed E-state index contributed by atoms with van der Waals surface area (Å²) in [6.45, 7) is 0. The molecule has 0 atom stereocenters. The minimum Gasteiger partial charge on any atom is -1.00 e. The van der Waals surface area contributed by atoms with Crippen molar-refractivity contribution < 1.29 is 85.7 Å². The van der Waals surface area contributed by atoms with Gasteiger partial charge in [0.25, 0.3) is 0 Å². The van der Waals surface area contributed by atoms with Crippen LogP contribution in [0.5, 0.6) is 0 Å². The van der Waals surface area contributed by atoms with Crippen molar-refractivity contribution in [1.82, 2.24) is 0 Å². The van der Waals surface area contributed by atoms with E-state index in [9.17, 15) is 0 Å². The van der Waals surface area contributed by atoms with E-state index in [1.54, 1.807) is 0 Å². The van der Waals surface area contributed by atoms with E-state index in [1.165, 1.54) is 0 Å². The molecular weight excluding hydrogens is 282 g/mol. The van der Waals surface area contributed by atoms with Crippen molar-refractivity contribution in [2.24, 2.45) is 0 Å². The van der Waals surface area contributed by atoms with Crippen LogP contribution in [0.15, 0.2) is 0 Å². The van der Waals surface area contributed by atoms with E-state index >= 15 is 0 Å². The van der Waals surface area contributed by atoms with Crippen molar-refractivity contribution in [2.75, 3.05) is 0 Å². The zero-order chi connectivity index (χ0) is 0. The molecule has 0 spiro atoms. The molecule has 0 heterocycles. The van der Waals surface area contributed by atoms with Gasteiger partial charge in [-0.25, -0.2) is 0 Å². The molecule has 59 valence electrons. The first-order valence-electron chi connectivity index (χ1n) is 0. The Bertz CT molecular complexity index is 8.49.